The molecule has 0 saturated carbocycles. The Morgan fingerprint density at radius 3 is 3.12 bits per heavy atom. The summed E-state index contributed by atoms with van der Waals surface area (Å²) < 4.78 is 0. The van der Waals surface area contributed by atoms with Crippen LogP contribution in [-0.4, -0.2) is 36.5 Å². The maximum Gasteiger partial charge on any atom is 0.254 e. The minimum Gasteiger partial charge on any atom is -0.334 e. The fourth-order valence-electron chi connectivity index (χ4n) is 3.05. The third-order valence-electron chi connectivity index (χ3n) is 3.97. The van der Waals surface area contributed by atoms with E-state index in [0.29, 0.717) is 12.0 Å². The fraction of sp³-hybridized carbons (Fsp3) is 0.500. The van der Waals surface area contributed by atoms with Gasteiger partial charge in [0.25, 0.3) is 5.91 Å². The van der Waals surface area contributed by atoms with E-state index in [1.165, 1.54) is 0 Å². The number of aryl methyl sites for hydroxylation is 1. The topological polar surface area (TPSA) is 32.3 Å². The van der Waals surface area contributed by atoms with Gasteiger partial charge in [-0.25, -0.2) is 0 Å². The highest BCUT2D eigenvalue weighted by atomic mass is 16.2. The number of carbonyl (C=O) groups is 1. The van der Waals surface area contributed by atoms with Gasteiger partial charge in [0.1, 0.15) is 0 Å². The predicted molar refractivity (Wildman–Crippen MR) is 67.0 cm³/mol. The molecule has 3 heteroatoms. The standard InChI is InChI=1S/C14H18N2O/c1-10-3-2-4-11(7-10)14(17)16-6-5-12-8-15-9-13(12)16/h2-4,7,12-13,15H,5-6,8-9H2,1H3/t12-,13+/m0/s1. The van der Waals surface area contributed by atoms with E-state index in [1.54, 1.807) is 0 Å². The van der Waals surface area contributed by atoms with Crippen LogP contribution in [0, 0.1) is 12.8 Å². The molecule has 3 nitrogen and oxygen atoms in total. The Labute approximate surface area is 102 Å². The summed E-state index contributed by atoms with van der Waals surface area (Å²) in [5, 5.41) is 3.38. The van der Waals surface area contributed by atoms with E-state index in [0.717, 1.165) is 37.2 Å². The van der Waals surface area contributed by atoms with Gasteiger partial charge < -0.3 is 10.2 Å². The lowest BCUT2D eigenvalue weighted by Gasteiger charge is -2.23. The molecule has 1 N–H and O–H groups in total. The van der Waals surface area contributed by atoms with Crippen molar-refractivity contribution in [3.63, 3.8) is 0 Å². The van der Waals surface area contributed by atoms with Crippen molar-refractivity contribution >= 4 is 5.91 Å². The molecule has 0 radical (unpaired) electrons. The molecule has 2 aliphatic heterocycles. The lowest BCUT2D eigenvalue weighted by atomic mass is 10.0. The van der Waals surface area contributed by atoms with Gasteiger partial charge in [-0.05, 0) is 31.4 Å². The van der Waals surface area contributed by atoms with E-state index in [-0.39, 0.29) is 5.91 Å². The summed E-state index contributed by atoms with van der Waals surface area (Å²) in [7, 11) is 0. The summed E-state index contributed by atoms with van der Waals surface area (Å²) in [5.41, 5.74) is 1.98. The van der Waals surface area contributed by atoms with Gasteiger partial charge in [0, 0.05) is 31.2 Å². The molecule has 2 heterocycles. The summed E-state index contributed by atoms with van der Waals surface area (Å²) in [4.78, 5) is 14.5. The number of fused-ring (bicyclic) bond motifs is 1. The number of benzene rings is 1. The van der Waals surface area contributed by atoms with Crippen LogP contribution in [0.3, 0.4) is 0 Å². The quantitative estimate of drug-likeness (QED) is 0.791. The van der Waals surface area contributed by atoms with E-state index in [9.17, 15) is 4.79 Å². The van der Waals surface area contributed by atoms with E-state index in [2.05, 4.69) is 10.2 Å². The molecular formula is C14H18N2O. The van der Waals surface area contributed by atoms with Crippen LogP contribution in [0.4, 0.5) is 0 Å². The third-order valence-corrected chi connectivity index (χ3v) is 3.97. The van der Waals surface area contributed by atoms with Crippen LogP contribution in [-0.2, 0) is 0 Å². The Morgan fingerprint density at radius 2 is 2.29 bits per heavy atom. The van der Waals surface area contributed by atoms with Crippen LogP contribution in [0.5, 0.6) is 0 Å². The Hall–Kier alpha value is -1.35. The highest BCUT2D eigenvalue weighted by Gasteiger charge is 2.39. The summed E-state index contributed by atoms with van der Waals surface area (Å²) in [6.07, 6.45) is 1.15. The van der Waals surface area contributed by atoms with Crippen LogP contribution < -0.4 is 5.32 Å². The van der Waals surface area contributed by atoms with Crippen LogP contribution in [0.2, 0.25) is 0 Å². The zero-order valence-corrected chi connectivity index (χ0v) is 10.1. The molecule has 1 aromatic rings. The molecule has 0 spiro atoms. The summed E-state index contributed by atoms with van der Waals surface area (Å²) in [6.45, 7) is 4.98. The average Bonchev–Trinajstić information content (AvgIpc) is 2.89. The van der Waals surface area contributed by atoms with E-state index < -0.39 is 0 Å². The van der Waals surface area contributed by atoms with Gasteiger partial charge in [-0.15, -0.1) is 0 Å². The lowest BCUT2D eigenvalue weighted by molar-refractivity contribution is 0.0737. The third kappa shape index (κ3) is 1.84. The summed E-state index contributed by atoms with van der Waals surface area (Å²) in [5.74, 6) is 0.869. The molecule has 2 atom stereocenters. The maximum atomic E-state index is 12.4. The molecule has 1 aromatic carbocycles. The first kappa shape index (κ1) is 10.8. The molecule has 1 amide bonds. The minimum absolute atomic E-state index is 0.199. The predicted octanol–water partition coefficient (Wildman–Crippen LogP) is 1.43. The molecule has 2 saturated heterocycles. The van der Waals surface area contributed by atoms with Gasteiger partial charge in [0.15, 0.2) is 0 Å². The number of nitrogens with one attached hydrogen (secondary N) is 1. The average molecular weight is 230 g/mol. The number of hydrogen-bond donors (Lipinski definition) is 1. The fourth-order valence-corrected chi connectivity index (χ4v) is 3.05. The second kappa shape index (κ2) is 4.15. The molecule has 0 unspecified atom stereocenters. The summed E-state index contributed by atoms with van der Waals surface area (Å²) >= 11 is 0. The van der Waals surface area contributed by atoms with Crippen molar-refractivity contribution in [2.75, 3.05) is 19.6 Å². The number of nitrogens with zero attached hydrogens (tertiary/aromatic N) is 1. The molecule has 2 aliphatic rings. The Kier molecular flexibility index (Phi) is 2.63. The Bertz CT molecular complexity index is 444. The smallest absolute Gasteiger partial charge is 0.254 e. The van der Waals surface area contributed by atoms with Crippen molar-refractivity contribution in [1.29, 1.82) is 0 Å². The van der Waals surface area contributed by atoms with Gasteiger partial charge in [-0.3, -0.25) is 4.79 Å². The van der Waals surface area contributed by atoms with Crippen LogP contribution in [0.15, 0.2) is 24.3 Å². The number of carbonyl (C=O) groups excluding carboxylic acids is 1. The molecule has 90 valence electrons. The van der Waals surface area contributed by atoms with Gasteiger partial charge in [0.05, 0.1) is 0 Å². The molecular weight excluding hydrogens is 212 g/mol. The summed E-state index contributed by atoms with van der Waals surface area (Å²) in [6, 6.07) is 8.32. The van der Waals surface area contributed by atoms with Crippen LogP contribution in [0.25, 0.3) is 0 Å². The Morgan fingerprint density at radius 1 is 1.41 bits per heavy atom. The maximum absolute atomic E-state index is 12.4. The van der Waals surface area contributed by atoms with Crippen LogP contribution >= 0.6 is 0 Å². The van der Waals surface area contributed by atoms with Crippen molar-refractivity contribution in [2.45, 2.75) is 19.4 Å². The van der Waals surface area contributed by atoms with Crippen molar-refractivity contribution in [3.05, 3.63) is 35.4 Å². The van der Waals surface area contributed by atoms with E-state index >= 15 is 0 Å². The molecule has 17 heavy (non-hydrogen) atoms. The zero-order chi connectivity index (χ0) is 11.8. The zero-order valence-electron chi connectivity index (χ0n) is 10.1. The van der Waals surface area contributed by atoms with E-state index in [4.69, 9.17) is 0 Å². The van der Waals surface area contributed by atoms with Crippen molar-refractivity contribution in [2.24, 2.45) is 5.92 Å². The first-order valence-corrected chi connectivity index (χ1v) is 6.34. The second-order valence-electron chi connectivity index (χ2n) is 5.14. The first-order valence-electron chi connectivity index (χ1n) is 6.34. The van der Waals surface area contributed by atoms with Gasteiger partial charge in [0.2, 0.25) is 0 Å². The number of likely N-dealkylation sites (tertiary alicyclic amines) is 1. The molecule has 3 rings (SSSR count). The lowest BCUT2D eigenvalue weighted by Crippen LogP contribution is -2.39. The van der Waals surface area contributed by atoms with Crippen molar-refractivity contribution in [3.8, 4) is 0 Å². The van der Waals surface area contributed by atoms with Crippen molar-refractivity contribution < 1.29 is 4.79 Å². The second-order valence-corrected chi connectivity index (χ2v) is 5.14. The number of amides is 1. The first-order chi connectivity index (χ1) is 8.25. The normalized spacial score (nSPS) is 27.2. The highest BCUT2D eigenvalue weighted by Crippen LogP contribution is 2.28. The van der Waals surface area contributed by atoms with Gasteiger partial charge in [-0.2, -0.15) is 0 Å². The minimum atomic E-state index is 0.199. The highest BCUT2D eigenvalue weighted by molar-refractivity contribution is 5.94. The number of rotatable bonds is 1. The largest absolute Gasteiger partial charge is 0.334 e. The monoisotopic (exact) mass is 230 g/mol. The molecule has 2 fully saturated rings. The Balaban J connectivity index is 1.83. The van der Waals surface area contributed by atoms with Gasteiger partial charge >= 0.3 is 0 Å². The molecule has 0 aliphatic carbocycles. The van der Waals surface area contributed by atoms with Crippen LogP contribution in [0.1, 0.15) is 22.3 Å². The van der Waals surface area contributed by atoms with Gasteiger partial charge in [-0.1, -0.05) is 17.7 Å². The SMILES string of the molecule is Cc1cccc(C(=O)N2CC[C@H]3CNC[C@H]32)c1. The molecule has 0 bridgehead atoms. The van der Waals surface area contributed by atoms with Crippen molar-refractivity contribution in [1.82, 2.24) is 10.2 Å². The number of hydrogen-bond acceptors (Lipinski definition) is 2. The molecule has 0 aromatic heterocycles. The van der Waals surface area contributed by atoms with E-state index in [1.807, 2.05) is 31.2 Å².